The first-order chi connectivity index (χ1) is 29.0. The van der Waals surface area contributed by atoms with Crippen LogP contribution in [0.3, 0.4) is 0 Å². The minimum atomic E-state index is 0.00947. The molecule has 13 rings (SSSR count). The molecule has 2 fully saturated rings. The summed E-state index contributed by atoms with van der Waals surface area (Å²) >= 11 is 1.89. The molecular formula is C54H46BN3S. The van der Waals surface area contributed by atoms with E-state index in [1.165, 1.54) is 109 Å². The predicted molar refractivity (Wildman–Crippen MR) is 252 cm³/mol. The lowest BCUT2D eigenvalue weighted by Crippen LogP contribution is -2.65. The van der Waals surface area contributed by atoms with E-state index in [0.29, 0.717) is 5.92 Å². The number of rotatable bonds is 4. The molecule has 2 aliphatic carbocycles. The number of hydrogen-bond donors (Lipinski definition) is 0. The summed E-state index contributed by atoms with van der Waals surface area (Å²) in [6, 6.07) is 59.7. The standard InChI is InChI=1S/C54H46BN3S/c1-53-33-32-35-16-9-11-23-41(35)54(53,2)42-29-31-46-50-51(42)58(53)45-25-13-12-24-43(45)55(50)44-30-28-38(34-48(44)57(46)37-19-7-4-8-20-37)56(36-17-5-3-6-18-36)47-26-15-22-40-39-21-10-14-27-49(39)59-52(40)47/h3-8,10,12-15,17-22,24-31,34-35,41H,9,11,16,23,32-33H2,1-2H3. The molecule has 4 unspecified atom stereocenters. The quantitative estimate of drug-likeness (QED) is 0.165. The van der Waals surface area contributed by atoms with Crippen molar-refractivity contribution in [1.82, 2.24) is 0 Å². The fourth-order valence-corrected chi connectivity index (χ4v) is 14.3. The second-order valence-corrected chi connectivity index (χ2v) is 19.3. The van der Waals surface area contributed by atoms with Crippen LogP contribution in [-0.4, -0.2) is 12.3 Å². The third-order valence-corrected chi connectivity index (χ3v) is 16.9. The van der Waals surface area contributed by atoms with E-state index in [1.807, 2.05) is 11.3 Å². The zero-order chi connectivity index (χ0) is 39.0. The van der Waals surface area contributed by atoms with E-state index in [2.05, 4.69) is 186 Å². The van der Waals surface area contributed by atoms with Crippen LogP contribution in [0.25, 0.3) is 20.2 Å². The summed E-state index contributed by atoms with van der Waals surface area (Å²) in [6.07, 6.45) is 8.07. The Morgan fingerprint density at radius 3 is 2.25 bits per heavy atom. The molecular weight excluding hydrogens is 733 g/mol. The summed E-state index contributed by atoms with van der Waals surface area (Å²) in [4.78, 5) is 7.96. The maximum Gasteiger partial charge on any atom is 0.252 e. The number of anilines is 8. The SMILES string of the molecule is CC12c3ccc4c5c3N(c3ccccc3B5c3ccc(N(c5ccccc5)c5cccc6c5sc5ccccc56)cc3N4c3ccccc3)C1(C)CCC1CCCCC12. The normalized spacial score (nSPS) is 23.4. The van der Waals surface area contributed by atoms with Gasteiger partial charge in [0.2, 0.25) is 0 Å². The molecule has 3 aliphatic heterocycles. The van der Waals surface area contributed by atoms with Crippen LogP contribution in [0.5, 0.6) is 0 Å². The molecule has 0 N–H and O–H groups in total. The molecule has 4 heterocycles. The van der Waals surface area contributed by atoms with Gasteiger partial charge in [-0.25, -0.2) is 0 Å². The topological polar surface area (TPSA) is 9.72 Å². The monoisotopic (exact) mass is 779 g/mol. The average molecular weight is 780 g/mol. The number of fused-ring (bicyclic) bond motifs is 13. The first-order valence-electron chi connectivity index (χ1n) is 21.9. The lowest BCUT2D eigenvalue weighted by Gasteiger charge is -2.58. The number of thiophene rings is 1. The second-order valence-electron chi connectivity index (χ2n) is 18.2. The van der Waals surface area contributed by atoms with Gasteiger partial charge >= 0.3 is 0 Å². The molecule has 5 heteroatoms. The van der Waals surface area contributed by atoms with Crippen LogP contribution >= 0.6 is 11.3 Å². The maximum absolute atomic E-state index is 2.88. The van der Waals surface area contributed by atoms with Gasteiger partial charge < -0.3 is 14.7 Å². The van der Waals surface area contributed by atoms with Gasteiger partial charge in [0.05, 0.1) is 15.9 Å². The molecule has 0 bridgehead atoms. The molecule has 0 radical (unpaired) electrons. The minimum absolute atomic E-state index is 0.00947. The van der Waals surface area contributed by atoms with Crippen molar-refractivity contribution in [1.29, 1.82) is 0 Å². The number of nitrogens with zero attached hydrogens (tertiary/aromatic N) is 3. The Kier molecular flexibility index (Phi) is 7.16. The van der Waals surface area contributed by atoms with Crippen molar-refractivity contribution < 1.29 is 0 Å². The van der Waals surface area contributed by atoms with Crippen molar-refractivity contribution in [3.63, 3.8) is 0 Å². The minimum Gasteiger partial charge on any atom is -0.335 e. The third kappa shape index (κ3) is 4.44. The Bertz CT molecular complexity index is 3000. The molecule has 0 spiro atoms. The van der Waals surface area contributed by atoms with Gasteiger partial charge in [0.1, 0.15) is 0 Å². The van der Waals surface area contributed by atoms with Gasteiger partial charge in [-0.15, -0.1) is 11.3 Å². The molecule has 8 aromatic rings. The summed E-state index contributed by atoms with van der Waals surface area (Å²) in [5.74, 6) is 1.53. The molecule has 59 heavy (non-hydrogen) atoms. The van der Waals surface area contributed by atoms with Crippen molar-refractivity contribution in [2.75, 3.05) is 14.7 Å². The van der Waals surface area contributed by atoms with Gasteiger partial charge in [-0.3, -0.25) is 0 Å². The highest BCUT2D eigenvalue weighted by Gasteiger charge is 2.66. The van der Waals surface area contributed by atoms with Crippen molar-refractivity contribution in [3.8, 4) is 0 Å². The van der Waals surface area contributed by atoms with Gasteiger partial charge in [0, 0.05) is 60.7 Å². The Morgan fingerprint density at radius 1 is 0.627 bits per heavy atom. The van der Waals surface area contributed by atoms with E-state index in [4.69, 9.17) is 0 Å². The summed E-state index contributed by atoms with van der Waals surface area (Å²) in [7, 11) is 0. The lowest BCUT2D eigenvalue weighted by molar-refractivity contribution is 0.0322. The van der Waals surface area contributed by atoms with Crippen LogP contribution in [0, 0.1) is 11.8 Å². The van der Waals surface area contributed by atoms with E-state index in [1.54, 1.807) is 5.56 Å². The largest absolute Gasteiger partial charge is 0.335 e. The zero-order valence-electron chi connectivity index (χ0n) is 33.7. The van der Waals surface area contributed by atoms with Gasteiger partial charge in [0.25, 0.3) is 6.71 Å². The van der Waals surface area contributed by atoms with Gasteiger partial charge in [-0.1, -0.05) is 123 Å². The smallest absolute Gasteiger partial charge is 0.252 e. The Hall–Kier alpha value is -5.78. The number of benzene rings is 7. The highest BCUT2D eigenvalue weighted by molar-refractivity contribution is 7.26. The van der Waals surface area contributed by atoms with Crippen LogP contribution in [0.1, 0.15) is 57.9 Å². The predicted octanol–water partition coefficient (Wildman–Crippen LogP) is 12.9. The summed E-state index contributed by atoms with van der Waals surface area (Å²) in [6.45, 7) is 5.44. The molecule has 1 aromatic heterocycles. The van der Waals surface area contributed by atoms with Crippen LogP contribution in [0.15, 0.2) is 158 Å². The van der Waals surface area contributed by atoms with Gasteiger partial charge in [0.15, 0.2) is 0 Å². The number of para-hydroxylation sites is 3. The molecule has 286 valence electrons. The van der Waals surface area contributed by atoms with E-state index in [9.17, 15) is 0 Å². The summed E-state index contributed by atoms with van der Waals surface area (Å²) in [5, 5.41) is 2.63. The van der Waals surface area contributed by atoms with Crippen molar-refractivity contribution in [2.24, 2.45) is 11.8 Å². The van der Waals surface area contributed by atoms with Crippen molar-refractivity contribution in [3.05, 3.63) is 163 Å². The van der Waals surface area contributed by atoms with Crippen molar-refractivity contribution in [2.45, 2.75) is 63.3 Å². The molecule has 0 saturated heterocycles. The first-order valence-corrected chi connectivity index (χ1v) is 22.7. The van der Waals surface area contributed by atoms with Crippen LogP contribution in [-0.2, 0) is 5.41 Å². The molecule has 4 atom stereocenters. The Labute approximate surface area is 351 Å². The third-order valence-electron chi connectivity index (χ3n) is 15.7. The van der Waals surface area contributed by atoms with E-state index >= 15 is 0 Å². The molecule has 3 nitrogen and oxygen atoms in total. The molecule has 7 aromatic carbocycles. The molecule has 5 aliphatic rings. The fourth-order valence-electron chi connectivity index (χ4n) is 13.1. The lowest BCUT2D eigenvalue weighted by atomic mass is 9.33. The summed E-state index contributed by atoms with van der Waals surface area (Å²) in [5.41, 5.74) is 16.2. The van der Waals surface area contributed by atoms with E-state index in [-0.39, 0.29) is 17.7 Å². The first kappa shape index (κ1) is 34.1. The van der Waals surface area contributed by atoms with Crippen LogP contribution in [0.4, 0.5) is 45.5 Å². The van der Waals surface area contributed by atoms with Gasteiger partial charge in [-0.05, 0) is 121 Å². The summed E-state index contributed by atoms with van der Waals surface area (Å²) < 4.78 is 2.63. The van der Waals surface area contributed by atoms with Crippen LogP contribution < -0.4 is 31.1 Å². The van der Waals surface area contributed by atoms with E-state index in [0.717, 1.165) is 17.3 Å². The maximum atomic E-state index is 2.88. The van der Waals surface area contributed by atoms with Gasteiger partial charge in [-0.2, -0.15) is 0 Å². The van der Waals surface area contributed by atoms with Crippen LogP contribution in [0.2, 0.25) is 0 Å². The molecule has 0 amide bonds. The Balaban J connectivity index is 1.07. The van der Waals surface area contributed by atoms with Crippen molar-refractivity contribution >= 4 is 100 Å². The second kappa shape index (κ2) is 12.4. The highest BCUT2D eigenvalue weighted by atomic mass is 32.1. The highest BCUT2D eigenvalue weighted by Crippen LogP contribution is 2.67. The fraction of sp³-hybridized carbons (Fsp3) is 0.222. The van der Waals surface area contributed by atoms with E-state index < -0.39 is 0 Å². The zero-order valence-corrected chi connectivity index (χ0v) is 34.6. The molecule has 2 saturated carbocycles. The number of hydrogen-bond acceptors (Lipinski definition) is 4. The average Bonchev–Trinajstić information content (AvgIpc) is 3.77. The Morgan fingerprint density at radius 2 is 1.37 bits per heavy atom.